The molecule has 1 spiro atoms. The van der Waals surface area contributed by atoms with Gasteiger partial charge in [-0.05, 0) is 56.3 Å². The van der Waals surface area contributed by atoms with Crippen molar-refractivity contribution in [2.75, 3.05) is 66.1 Å². The molecule has 1 aromatic carbocycles. The number of likely N-dealkylation sites (N-methyl/N-ethyl adjacent to an activating group) is 1. The molecule has 27 heavy (non-hydrogen) atoms. The maximum absolute atomic E-state index is 12.5. The van der Waals surface area contributed by atoms with Gasteiger partial charge in [-0.2, -0.15) is 0 Å². The molecule has 0 aliphatic carbocycles. The summed E-state index contributed by atoms with van der Waals surface area (Å²) < 4.78 is 5.36. The summed E-state index contributed by atoms with van der Waals surface area (Å²) >= 11 is 0. The van der Waals surface area contributed by atoms with E-state index in [0.29, 0.717) is 31.1 Å². The van der Waals surface area contributed by atoms with E-state index in [1.54, 1.807) is 0 Å². The molecule has 5 nitrogen and oxygen atoms in total. The molecule has 148 valence electrons. The molecule has 0 saturated carbocycles. The molecule has 3 aliphatic heterocycles. The van der Waals surface area contributed by atoms with Crippen LogP contribution < -0.4 is 0 Å². The number of morpholine rings is 1. The van der Waals surface area contributed by atoms with Crippen LogP contribution in [0.1, 0.15) is 30.7 Å². The smallest absolute Gasteiger partial charge is 0.236 e. The molecule has 3 aliphatic rings. The molecule has 3 fully saturated rings. The van der Waals surface area contributed by atoms with Crippen LogP contribution in [0.15, 0.2) is 30.3 Å². The molecule has 1 atom stereocenters. The monoisotopic (exact) mass is 371 g/mol. The van der Waals surface area contributed by atoms with Crippen molar-refractivity contribution in [3.05, 3.63) is 35.9 Å². The number of nitrogens with zero attached hydrogens (tertiary/aromatic N) is 3. The largest absolute Gasteiger partial charge is 0.378 e. The van der Waals surface area contributed by atoms with Crippen LogP contribution in [0.3, 0.4) is 0 Å². The van der Waals surface area contributed by atoms with Crippen LogP contribution in [0.5, 0.6) is 0 Å². The first-order chi connectivity index (χ1) is 13.1. The molecule has 0 radical (unpaired) electrons. The van der Waals surface area contributed by atoms with Gasteiger partial charge in [-0.15, -0.1) is 0 Å². The second-order valence-corrected chi connectivity index (χ2v) is 8.78. The van der Waals surface area contributed by atoms with Crippen LogP contribution in [-0.4, -0.2) is 86.7 Å². The minimum Gasteiger partial charge on any atom is -0.378 e. The predicted molar refractivity (Wildman–Crippen MR) is 107 cm³/mol. The van der Waals surface area contributed by atoms with Crippen molar-refractivity contribution in [1.29, 1.82) is 0 Å². The van der Waals surface area contributed by atoms with Crippen molar-refractivity contribution in [3.8, 4) is 0 Å². The van der Waals surface area contributed by atoms with Gasteiger partial charge in [-0.25, -0.2) is 0 Å². The average molecular weight is 372 g/mol. The summed E-state index contributed by atoms with van der Waals surface area (Å²) in [5.41, 5.74) is 1.89. The van der Waals surface area contributed by atoms with Crippen LogP contribution in [0, 0.1) is 5.41 Å². The summed E-state index contributed by atoms with van der Waals surface area (Å²) in [7, 11) is 2.27. The van der Waals surface area contributed by atoms with Gasteiger partial charge in [0.25, 0.3) is 0 Å². The fourth-order valence-electron chi connectivity index (χ4n) is 5.27. The van der Waals surface area contributed by atoms with Crippen molar-refractivity contribution < 1.29 is 9.53 Å². The molecule has 3 heterocycles. The summed E-state index contributed by atoms with van der Waals surface area (Å²) in [6.07, 6.45) is 3.70. The van der Waals surface area contributed by atoms with E-state index in [1.165, 1.54) is 31.4 Å². The molecule has 1 amide bonds. The topological polar surface area (TPSA) is 36.0 Å². The first kappa shape index (κ1) is 18.9. The molecular weight excluding hydrogens is 338 g/mol. The first-order valence-electron chi connectivity index (χ1n) is 10.4. The van der Waals surface area contributed by atoms with Crippen molar-refractivity contribution in [2.24, 2.45) is 5.41 Å². The van der Waals surface area contributed by atoms with Crippen molar-refractivity contribution in [3.63, 3.8) is 0 Å². The van der Waals surface area contributed by atoms with E-state index in [0.717, 1.165) is 32.7 Å². The van der Waals surface area contributed by atoms with Crippen LogP contribution >= 0.6 is 0 Å². The maximum atomic E-state index is 12.5. The van der Waals surface area contributed by atoms with E-state index >= 15 is 0 Å². The van der Waals surface area contributed by atoms with E-state index in [2.05, 4.69) is 47.2 Å². The van der Waals surface area contributed by atoms with Crippen LogP contribution in [0.4, 0.5) is 0 Å². The Hall–Kier alpha value is -1.43. The van der Waals surface area contributed by atoms with Gasteiger partial charge in [0.15, 0.2) is 0 Å². The van der Waals surface area contributed by atoms with E-state index in [9.17, 15) is 4.79 Å². The second kappa shape index (κ2) is 8.29. The zero-order valence-corrected chi connectivity index (χ0v) is 16.6. The molecule has 0 aromatic heterocycles. The van der Waals surface area contributed by atoms with E-state index < -0.39 is 0 Å². The van der Waals surface area contributed by atoms with E-state index in [-0.39, 0.29) is 5.91 Å². The van der Waals surface area contributed by atoms with Gasteiger partial charge in [0.05, 0.1) is 19.8 Å². The average Bonchev–Trinajstić information content (AvgIpc) is 2.71. The lowest BCUT2D eigenvalue weighted by molar-refractivity contribution is -0.137. The van der Waals surface area contributed by atoms with Gasteiger partial charge in [-0.1, -0.05) is 30.3 Å². The van der Waals surface area contributed by atoms with Gasteiger partial charge >= 0.3 is 0 Å². The minimum atomic E-state index is 0.275. The molecular formula is C22H33N3O2. The zero-order chi connectivity index (χ0) is 18.7. The molecule has 5 heteroatoms. The summed E-state index contributed by atoms with van der Waals surface area (Å²) in [5.74, 6) is 0.906. The second-order valence-electron chi connectivity index (χ2n) is 8.78. The standard InChI is InChI=1S/C22H33N3O2/c1-23-16-20(19-5-3-2-4-6-19)15-22(18-23)7-9-24(10-8-22)17-21(26)25-11-13-27-14-12-25/h2-6,20H,7-18H2,1H3/t20-/m1/s1. The number of piperidine rings is 2. The predicted octanol–water partition coefficient (Wildman–Crippen LogP) is 2.05. The number of carbonyl (C=O) groups is 1. The number of rotatable bonds is 3. The molecule has 3 saturated heterocycles. The van der Waals surface area contributed by atoms with Gasteiger partial charge < -0.3 is 14.5 Å². The maximum Gasteiger partial charge on any atom is 0.236 e. The summed E-state index contributed by atoms with van der Waals surface area (Å²) in [5, 5.41) is 0. The number of hydrogen-bond acceptors (Lipinski definition) is 4. The third-order valence-corrected chi connectivity index (χ3v) is 6.73. The lowest BCUT2D eigenvalue weighted by Gasteiger charge is -2.49. The number of hydrogen-bond donors (Lipinski definition) is 0. The van der Waals surface area contributed by atoms with E-state index in [4.69, 9.17) is 4.74 Å². The highest BCUT2D eigenvalue weighted by Gasteiger charge is 2.41. The Morgan fingerprint density at radius 3 is 2.52 bits per heavy atom. The number of likely N-dealkylation sites (tertiary alicyclic amines) is 2. The fourth-order valence-corrected chi connectivity index (χ4v) is 5.27. The lowest BCUT2D eigenvalue weighted by Crippen LogP contribution is -2.52. The Kier molecular flexibility index (Phi) is 5.81. The number of carbonyl (C=O) groups excluding carboxylic acids is 1. The lowest BCUT2D eigenvalue weighted by atomic mass is 9.68. The number of ether oxygens (including phenoxy) is 1. The Balaban J connectivity index is 1.33. The fraction of sp³-hybridized carbons (Fsp3) is 0.682. The van der Waals surface area contributed by atoms with Gasteiger partial charge in [0.1, 0.15) is 0 Å². The summed E-state index contributed by atoms with van der Waals surface area (Å²) in [4.78, 5) is 19.4. The minimum absolute atomic E-state index is 0.275. The van der Waals surface area contributed by atoms with Crippen LogP contribution in [0.25, 0.3) is 0 Å². The van der Waals surface area contributed by atoms with Gasteiger partial charge in [0, 0.05) is 26.2 Å². The highest BCUT2D eigenvalue weighted by Crippen LogP contribution is 2.44. The Labute approximate surface area is 163 Å². The SMILES string of the molecule is CN1C[C@H](c2ccccc2)CC2(CCN(CC(=O)N3CCOCC3)CC2)C1. The third-order valence-electron chi connectivity index (χ3n) is 6.73. The van der Waals surface area contributed by atoms with Crippen LogP contribution in [-0.2, 0) is 9.53 Å². The summed E-state index contributed by atoms with van der Waals surface area (Å²) in [6.45, 7) is 7.89. The zero-order valence-electron chi connectivity index (χ0n) is 16.6. The van der Waals surface area contributed by atoms with Crippen molar-refractivity contribution >= 4 is 5.91 Å². The Morgan fingerprint density at radius 2 is 1.81 bits per heavy atom. The molecule has 1 aromatic rings. The summed E-state index contributed by atoms with van der Waals surface area (Å²) in [6, 6.07) is 11.0. The third kappa shape index (κ3) is 4.53. The Morgan fingerprint density at radius 1 is 1.11 bits per heavy atom. The molecule has 4 rings (SSSR count). The number of benzene rings is 1. The van der Waals surface area contributed by atoms with Gasteiger partial charge in [-0.3, -0.25) is 9.69 Å². The van der Waals surface area contributed by atoms with Crippen LogP contribution in [0.2, 0.25) is 0 Å². The van der Waals surface area contributed by atoms with Crippen molar-refractivity contribution in [2.45, 2.75) is 25.2 Å². The molecule has 0 N–H and O–H groups in total. The van der Waals surface area contributed by atoms with Crippen molar-refractivity contribution in [1.82, 2.24) is 14.7 Å². The molecule has 0 bridgehead atoms. The molecule has 0 unspecified atom stereocenters. The van der Waals surface area contributed by atoms with E-state index in [1.807, 2.05) is 4.90 Å². The normalized spacial score (nSPS) is 27.0. The highest BCUT2D eigenvalue weighted by atomic mass is 16.5. The Bertz CT molecular complexity index is 622. The van der Waals surface area contributed by atoms with Gasteiger partial charge in [0.2, 0.25) is 5.91 Å². The number of amides is 1. The first-order valence-corrected chi connectivity index (χ1v) is 10.4. The quantitative estimate of drug-likeness (QED) is 0.815. The highest BCUT2D eigenvalue weighted by molar-refractivity contribution is 5.78.